The molecular formula is C20H20N6O4. The third-order valence-corrected chi connectivity index (χ3v) is 4.17. The quantitative estimate of drug-likeness (QED) is 0.435. The van der Waals surface area contributed by atoms with E-state index in [9.17, 15) is 19.7 Å². The van der Waals surface area contributed by atoms with Crippen LogP contribution in [0.25, 0.3) is 5.69 Å². The van der Waals surface area contributed by atoms with Crippen molar-refractivity contribution in [3.05, 3.63) is 76.1 Å². The van der Waals surface area contributed by atoms with E-state index in [1.54, 1.807) is 24.3 Å². The van der Waals surface area contributed by atoms with E-state index in [-0.39, 0.29) is 23.8 Å². The fourth-order valence-corrected chi connectivity index (χ4v) is 2.73. The maximum Gasteiger partial charge on any atom is 0.273 e. The van der Waals surface area contributed by atoms with E-state index in [1.165, 1.54) is 29.1 Å². The highest BCUT2D eigenvalue weighted by Gasteiger charge is 2.13. The molecule has 2 amide bonds. The van der Waals surface area contributed by atoms with Gasteiger partial charge in [0.1, 0.15) is 0 Å². The van der Waals surface area contributed by atoms with Gasteiger partial charge in [-0.2, -0.15) is 0 Å². The van der Waals surface area contributed by atoms with Gasteiger partial charge in [0.15, 0.2) is 5.69 Å². The molecule has 1 heterocycles. The van der Waals surface area contributed by atoms with Crippen LogP contribution in [-0.4, -0.2) is 31.7 Å². The lowest BCUT2D eigenvalue weighted by molar-refractivity contribution is -0.384. The number of non-ortho nitro benzene ring substituents is 1. The number of rotatable bonds is 8. The number of nitrogens with one attached hydrogen (secondary N) is 2. The molecule has 0 aliphatic heterocycles. The summed E-state index contributed by atoms with van der Waals surface area (Å²) in [6.07, 6.45) is 2.61. The Morgan fingerprint density at radius 2 is 1.97 bits per heavy atom. The van der Waals surface area contributed by atoms with Gasteiger partial charge in [-0.25, -0.2) is 4.68 Å². The van der Waals surface area contributed by atoms with Crippen molar-refractivity contribution in [2.45, 2.75) is 26.3 Å². The van der Waals surface area contributed by atoms with Crippen molar-refractivity contribution in [2.75, 3.05) is 5.32 Å². The number of nitro groups is 1. The number of nitrogens with zero attached hydrogens (tertiary/aromatic N) is 4. The number of anilines is 1. The zero-order valence-electron chi connectivity index (χ0n) is 16.2. The van der Waals surface area contributed by atoms with Crippen LogP contribution in [0.2, 0.25) is 0 Å². The van der Waals surface area contributed by atoms with Crippen molar-refractivity contribution in [3.63, 3.8) is 0 Å². The standard InChI is InChI=1S/C20H20N6O4/c1-2-5-19(27)22-15-7-3-6-14(10-15)12-21-20(28)18-13-25(24-23-18)16-8-4-9-17(11-16)26(29)30/h3-4,6-11,13H,2,5,12H2,1H3,(H,21,28)(H,22,27). The summed E-state index contributed by atoms with van der Waals surface area (Å²) in [5.74, 6) is -0.497. The highest BCUT2D eigenvalue weighted by Crippen LogP contribution is 2.16. The van der Waals surface area contributed by atoms with Crippen molar-refractivity contribution in [1.82, 2.24) is 20.3 Å². The molecule has 0 aliphatic carbocycles. The molecule has 3 rings (SSSR count). The minimum atomic E-state index is -0.507. The average Bonchev–Trinajstić information content (AvgIpc) is 3.23. The Labute approximate surface area is 172 Å². The number of hydrogen-bond donors (Lipinski definition) is 2. The molecule has 154 valence electrons. The molecule has 0 aliphatic rings. The highest BCUT2D eigenvalue weighted by atomic mass is 16.6. The van der Waals surface area contributed by atoms with Crippen LogP contribution in [0.1, 0.15) is 35.8 Å². The minimum absolute atomic E-state index is 0.0588. The van der Waals surface area contributed by atoms with Crippen LogP contribution in [0.15, 0.2) is 54.7 Å². The van der Waals surface area contributed by atoms with E-state index in [4.69, 9.17) is 0 Å². The predicted molar refractivity (Wildman–Crippen MR) is 109 cm³/mol. The van der Waals surface area contributed by atoms with Gasteiger partial charge in [0.2, 0.25) is 5.91 Å². The van der Waals surface area contributed by atoms with Crippen molar-refractivity contribution in [3.8, 4) is 5.69 Å². The zero-order chi connectivity index (χ0) is 21.5. The molecule has 2 N–H and O–H groups in total. The van der Waals surface area contributed by atoms with E-state index >= 15 is 0 Å². The van der Waals surface area contributed by atoms with Crippen molar-refractivity contribution in [1.29, 1.82) is 0 Å². The lowest BCUT2D eigenvalue weighted by Crippen LogP contribution is -2.23. The Bertz CT molecular complexity index is 1080. The predicted octanol–water partition coefficient (Wildman–Crippen LogP) is 2.84. The van der Waals surface area contributed by atoms with Crippen LogP contribution in [-0.2, 0) is 11.3 Å². The number of aromatic nitrogens is 3. The molecule has 3 aromatic rings. The van der Waals surface area contributed by atoms with Crippen LogP contribution in [0.5, 0.6) is 0 Å². The first kappa shape index (κ1) is 20.6. The van der Waals surface area contributed by atoms with Crippen LogP contribution in [0, 0.1) is 10.1 Å². The molecule has 10 heteroatoms. The molecule has 0 bridgehead atoms. The van der Waals surface area contributed by atoms with Crippen molar-refractivity contribution in [2.24, 2.45) is 0 Å². The van der Waals surface area contributed by atoms with Gasteiger partial charge >= 0.3 is 0 Å². The van der Waals surface area contributed by atoms with Gasteiger partial charge in [0, 0.05) is 30.8 Å². The Hall–Kier alpha value is -4.08. The molecule has 2 aromatic carbocycles. The first-order valence-corrected chi connectivity index (χ1v) is 9.30. The highest BCUT2D eigenvalue weighted by molar-refractivity contribution is 5.92. The summed E-state index contributed by atoms with van der Waals surface area (Å²) in [6, 6.07) is 13.1. The third-order valence-electron chi connectivity index (χ3n) is 4.17. The first-order valence-electron chi connectivity index (χ1n) is 9.30. The maximum absolute atomic E-state index is 12.4. The number of hydrogen-bond acceptors (Lipinski definition) is 6. The summed E-state index contributed by atoms with van der Waals surface area (Å²) in [7, 11) is 0. The SMILES string of the molecule is CCCC(=O)Nc1cccc(CNC(=O)c2cn(-c3cccc([N+](=O)[O-])c3)nn2)c1. The molecule has 0 unspecified atom stereocenters. The fourth-order valence-electron chi connectivity index (χ4n) is 2.73. The van der Waals surface area contributed by atoms with Gasteiger partial charge in [0.05, 0.1) is 16.8 Å². The molecule has 0 atom stereocenters. The molecule has 0 saturated heterocycles. The monoisotopic (exact) mass is 408 g/mol. The van der Waals surface area contributed by atoms with E-state index in [1.807, 2.05) is 13.0 Å². The van der Waals surface area contributed by atoms with Crippen LogP contribution >= 0.6 is 0 Å². The summed E-state index contributed by atoms with van der Waals surface area (Å²) in [5, 5.41) is 24.2. The molecule has 0 spiro atoms. The second-order valence-corrected chi connectivity index (χ2v) is 6.51. The molecule has 1 aromatic heterocycles. The third kappa shape index (κ3) is 5.25. The van der Waals surface area contributed by atoms with E-state index in [2.05, 4.69) is 20.9 Å². The van der Waals surface area contributed by atoms with Gasteiger partial charge in [-0.15, -0.1) is 5.10 Å². The molecule has 30 heavy (non-hydrogen) atoms. The lowest BCUT2D eigenvalue weighted by Gasteiger charge is -2.08. The summed E-state index contributed by atoms with van der Waals surface area (Å²) in [4.78, 5) is 34.5. The Kier molecular flexibility index (Phi) is 6.48. The summed E-state index contributed by atoms with van der Waals surface area (Å²) >= 11 is 0. The first-order chi connectivity index (χ1) is 14.5. The summed E-state index contributed by atoms with van der Waals surface area (Å²) < 4.78 is 1.30. The van der Waals surface area contributed by atoms with Crippen LogP contribution in [0.4, 0.5) is 11.4 Å². The zero-order valence-corrected chi connectivity index (χ0v) is 16.2. The van der Waals surface area contributed by atoms with Gasteiger partial charge in [-0.05, 0) is 30.2 Å². The second kappa shape index (κ2) is 9.41. The summed E-state index contributed by atoms with van der Waals surface area (Å²) in [6.45, 7) is 2.17. The smallest absolute Gasteiger partial charge is 0.273 e. The number of amides is 2. The molecule has 10 nitrogen and oxygen atoms in total. The van der Waals surface area contributed by atoms with Gasteiger partial charge < -0.3 is 10.6 Å². The normalized spacial score (nSPS) is 10.4. The average molecular weight is 408 g/mol. The number of nitro benzene ring substituents is 1. The second-order valence-electron chi connectivity index (χ2n) is 6.51. The van der Waals surface area contributed by atoms with E-state index in [0.717, 1.165) is 12.0 Å². The van der Waals surface area contributed by atoms with Gasteiger partial charge in [-0.3, -0.25) is 19.7 Å². The summed E-state index contributed by atoms with van der Waals surface area (Å²) in [5.41, 5.74) is 1.89. The topological polar surface area (TPSA) is 132 Å². The number of benzene rings is 2. The van der Waals surface area contributed by atoms with Crippen LogP contribution < -0.4 is 10.6 Å². The lowest BCUT2D eigenvalue weighted by atomic mass is 10.2. The maximum atomic E-state index is 12.4. The molecule has 0 fully saturated rings. The Balaban J connectivity index is 1.63. The Morgan fingerprint density at radius 1 is 1.17 bits per heavy atom. The number of carbonyl (C=O) groups excluding carboxylic acids is 2. The number of carbonyl (C=O) groups is 2. The van der Waals surface area contributed by atoms with Crippen molar-refractivity contribution >= 4 is 23.2 Å². The van der Waals surface area contributed by atoms with Crippen molar-refractivity contribution < 1.29 is 14.5 Å². The minimum Gasteiger partial charge on any atom is -0.347 e. The molecule has 0 saturated carbocycles. The van der Waals surface area contributed by atoms with Gasteiger partial charge in [-0.1, -0.05) is 30.3 Å². The van der Waals surface area contributed by atoms with E-state index in [0.29, 0.717) is 17.8 Å². The van der Waals surface area contributed by atoms with E-state index < -0.39 is 10.8 Å². The molecular weight excluding hydrogens is 388 g/mol. The van der Waals surface area contributed by atoms with Crippen LogP contribution in [0.3, 0.4) is 0 Å². The fraction of sp³-hybridized carbons (Fsp3) is 0.200. The Morgan fingerprint density at radius 3 is 2.73 bits per heavy atom. The largest absolute Gasteiger partial charge is 0.347 e. The van der Waals surface area contributed by atoms with Gasteiger partial charge in [0.25, 0.3) is 11.6 Å². The molecule has 0 radical (unpaired) electrons.